The molecule has 0 saturated heterocycles. The van der Waals surface area contributed by atoms with E-state index in [2.05, 4.69) is 11.8 Å². The number of carbonyl (C=O) groups excluding carboxylic acids is 2. The number of carbonyl (C=O) groups is 2. The normalized spacial score (nSPS) is 10.7. The van der Waals surface area contributed by atoms with Crippen molar-refractivity contribution in [2.24, 2.45) is 0 Å². The van der Waals surface area contributed by atoms with E-state index in [1.54, 1.807) is 60.7 Å². The topological polar surface area (TPSA) is 71.1 Å². The lowest BCUT2D eigenvalue weighted by molar-refractivity contribution is 0.0723. The minimum absolute atomic E-state index is 0.0761. The summed E-state index contributed by atoms with van der Waals surface area (Å²) in [5.74, 6) is 5.45. The first-order valence-electron chi connectivity index (χ1n) is 18.5. The van der Waals surface area contributed by atoms with E-state index in [1.165, 1.54) is 0 Å². The van der Waals surface area contributed by atoms with E-state index < -0.39 is 11.9 Å². The Morgan fingerprint density at radius 3 is 1.17 bits per heavy atom. The van der Waals surface area contributed by atoms with Crippen molar-refractivity contribution in [1.29, 1.82) is 0 Å². The molecule has 0 aromatic heterocycles. The largest absolute Gasteiger partial charge is 0.489 e. The molecule has 6 nitrogen and oxygen atoms in total. The minimum Gasteiger partial charge on any atom is -0.489 e. The van der Waals surface area contributed by atoms with Crippen LogP contribution in [0, 0.1) is 24.7 Å². The second-order valence-corrected chi connectivity index (χ2v) is 13.4. The van der Waals surface area contributed by atoms with Gasteiger partial charge in [-0.25, -0.2) is 9.59 Å². The maximum absolute atomic E-state index is 14.0. The molecule has 0 N–H and O–H groups in total. The van der Waals surface area contributed by atoms with E-state index in [9.17, 15) is 9.59 Å². The lowest BCUT2D eigenvalue weighted by atomic mass is 9.88. The number of benzene rings is 8. The lowest BCUT2D eigenvalue weighted by Gasteiger charge is -2.22. The quantitative estimate of drug-likeness (QED) is 0.0744. The summed E-state index contributed by atoms with van der Waals surface area (Å²) >= 11 is 0. The Balaban J connectivity index is 1.41. The van der Waals surface area contributed by atoms with Gasteiger partial charge < -0.3 is 18.9 Å². The molecule has 0 unspecified atom stereocenters. The first kappa shape index (κ1) is 36.9. The SMILES string of the molecule is C#Cc1cc2ccc(OCc3ccccc3)cc2c(-c2c(OC(=O)c3ccccc3)c(C#C)cc3ccc(OCc4ccccc4)cc23)c1OC(=O)c1ccccc1. The van der Waals surface area contributed by atoms with Gasteiger partial charge in [0.15, 0.2) is 11.5 Å². The van der Waals surface area contributed by atoms with E-state index in [1.807, 2.05) is 109 Å². The molecule has 0 heterocycles. The van der Waals surface area contributed by atoms with Crippen LogP contribution < -0.4 is 18.9 Å². The second-order valence-electron chi connectivity index (χ2n) is 13.4. The number of esters is 2. The lowest BCUT2D eigenvalue weighted by Crippen LogP contribution is -2.12. The third-order valence-electron chi connectivity index (χ3n) is 9.60. The van der Waals surface area contributed by atoms with E-state index in [0.29, 0.717) is 79.6 Å². The van der Waals surface area contributed by atoms with Crippen LogP contribution in [0.25, 0.3) is 32.7 Å². The van der Waals surface area contributed by atoms with Gasteiger partial charge >= 0.3 is 11.9 Å². The van der Waals surface area contributed by atoms with Crippen LogP contribution >= 0.6 is 0 Å². The summed E-state index contributed by atoms with van der Waals surface area (Å²) in [6, 6.07) is 51.6. The van der Waals surface area contributed by atoms with Crippen molar-refractivity contribution in [3.05, 3.63) is 203 Å². The molecule has 8 aromatic rings. The molecule has 0 spiro atoms. The van der Waals surface area contributed by atoms with Crippen LogP contribution in [0.3, 0.4) is 0 Å². The van der Waals surface area contributed by atoms with Crippen LogP contribution in [0.2, 0.25) is 0 Å². The van der Waals surface area contributed by atoms with Crippen molar-refractivity contribution >= 4 is 33.5 Å². The summed E-state index contributed by atoms with van der Waals surface area (Å²) in [4.78, 5) is 28.0. The molecular weight excluding hydrogens is 721 g/mol. The van der Waals surface area contributed by atoms with Gasteiger partial charge in [-0.3, -0.25) is 0 Å². The Hall–Kier alpha value is -8.06. The first-order valence-corrected chi connectivity index (χ1v) is 18.5. The van der Waals surface area contributed by atoms with E-state index >= 15 is 0 Å². The number of hydrogen-bond donors (Lipinski definition) is 0. The molecule has 0 aliphatic carbocycles. The van der Waals surface area contributed by atoms with Crippen LogP contribution in [0.15, 0.2) is 170 Å². The molecule has 0 bridgehead atoms. The Labute approximate surface area is 336 Å². The van der Waals surface area contributed by atoms with Gasteiger partial charge in [0.25, 0.3) is 0 Å². The van der Waals surface area contributed by atoms with Gasteiger partial charge in [0.1, 0.15) is 24.7 Å². The highest BCUT2D eigenvalue weighted by Crippen LogP contribution is 2.50. The molecule has 58 heavy (non-hydrogen) atoms. The summed E-state index contributed by atoms with van der Waals surface area (Å²) in [5.41, 5.74) is 3.91. The second kappa shape index (κ2) is 16.8. The third-order valence-corrected chi connectivity index (χ3v) is 9.60. The predicted octanol–water partition coefficient (Wildman–Crippen LogP) is 11.2. The summed E-state index contributed by atoms with van der Waals surface area (Å²) in [7, 11) is 0. The molecule has 0 aliphatic heterocycles. The molecule has 0 radical (unpaired) electrons. The summed E-state index contributed by atoms with van der Waals surface area (Å²) in [6.45, 7) is 0.606. The maximum atomic E-state index is 14.0. The van der Waals surface area contributed by atoms with Crippen molar-refractivity contribution in [2.45, 2.75) is 13.2 Å². The fourth-order valence-corrected chi connectivity index (χ4v) is 6.75. The Kier molecular flexibility index (Phi) is 10.7. The van der Waals surface area contributed by atoms with Gasteiger partial charge in [-0.15, -0.1) is 12.8 Å². The molecule has 8 rings (SSSR count). The highest BCUT2D eigenvalue weighted by Gasteiger charge is 2.28. The number of fused-ring (bicyclic) bond motifs is 2. The van der Waals surface area contributed by atoms with Crippen molar-refractivity contribution in [3.8, 4) is 58.8 Å². The molecule has 278 valence electrons. The zero-order valence-corrected chi connectivity index (χ0v) is 31.2. The summed E-state index contributed by atoms with van der Waals surface area (Å²) in [6.07, 6.45) is 12.4. The summed E-state index contributed by atoms with van der Waals surface area (Å²) < 4.78 is 25.3. The van der Waals surface area contributed by atoms with Crippen molar-refractivity contribution in [3.63, 3.8) is 0 Å². The van der Waals surface area contributed by atoms with Gasteiger partial charge in [-0.1, -0.05) is 121 Å². The molecule has 8 aromatic carbocycles. The highest BCUT2D eigenvalue weighted by molar-refractivity contribution is 6.13. The number of hydrogen-bond acceptors (Lipinski definition) is 6. The molecule has 0 aliphatic rings. The molecular formula is C52H34O6. The van der Waals surface area contributed by atoms with Gasteiger partial charge in [0.05, 0.1) is 22.3 Å². The average molecular weight is 755 g/mol. The van der Waals surface area contributed by atoms with Crippen LogP contribution in [0.1, 0.15) is 43.0 Å². The minimum atomic E-state index is -0.638. The van der Waals surface area contributed by atoms with Crippen molar-refractivity contribution in [2.75, 3.05) is 0 Å². The molecule has 0 fully saturated rings. The van der Waals surface area contributed by atoms with Crippen LogP contribution in [-0.4, -0.2) is 11.9 Å². The Morgan fingerprint density at radius 1 is 0.448 bits per heavy atom. The highest BCUT2D eigenvalue weighted by atomic mass is 16.5. The van der Waals surface area contributed by atoms with Crippen LogP contribution in [-0.2, 0) is 13.2 Å². The molecule has 0 atom stereocenters. The maximum Gasteiger partial charge on any atom is 0.343 e. The standard InChI is InChI=1S/C52H34O6/c1-3-37-29-41-25-27-43(55-33-35-17-9-5-10-18-35)31-45(41)47(49(37)57-51(53)39-21-13-7-14-22-39)48-46-32-44(56-34-36-19-11-6-12-20-36)28-26-42(46)30-38(4-2)50(48)58-52(54)40-23-15-8-16-24-40/h1-2,5-32H,33-34H2. The monoisotopic (exact) mass is 754 g/mol. The van der Waals surface area contributed by atoms with E-state index in [0.717, 1.165) is 11.1 Å². The molecule has 0 amide bonds. The third kappa shape index (κ3) is 7.86. The zero-order valence-electron chi connectivity index (χ0n) is 31.2. The van der Waals surface area contributed by atoms with E-state index in [4.69, 9.17) is 31.8 Å². The Bertz CT molecular complexity index is 2670. The van der Waals surface area contributed by atoms with Gasteiger partial charge in [-0.05, 0) is 93.3 Å². The number of rotatable bonds is 11. The zero-order chi connectivity index (χ0) is 39.8. The Morgan fingerprint density at radius 2 is 0.810 bits per heavy atom. The van der Waals surface area contributed by atoms with Crippen LogP contribution in [0.5, 0.6) is 23.0 Å². The average Bonchev–Trinajstić information content (AvgIpc) is 3.28. The van der Waals surface area contributed by atoms with Crippen molar-refractivity contribution < 1.29 is 28.5 Å². The van der Waals surface area contributed by atoms with Crippen LogP contribution in [0.4, 0.5) is 0 Å². The molecule has 0 saturated carbocycles. The first-order chi connectivity index (χ1) is 28.5. The molecule has 6 heteroatoms. The van der Waals surface area contributed by atoms with Gasteiger partial charge in [0, 0.05) is 11.1 Å². The fraction of sp³-hybridized carbons (Fsp3) is 0.0385. The summed E-state index contributed by atoms with van der Waals surface area (Å²) in [5, 5.41) is 2.63. The van der Waals surface area contributed by atoms with E-state index in [-0.39, 0.29) is 11.5 Å². The van der Waals surface area contributed by atoms with Crippen molar-refractivity contribution in [1.82, 2.24) is 0 Å². The number of ether oxygens (including phenoxy) is 4. The smallest absolute Gasteiger partial charge is 0.343 e. The number of terminal acetylenes is 2. The van der Waals surface area contributed by atoms with Gasteiger partial charge in [-0.2, -0.15) is 0 Å². The van der Waals surface area contributed by atoms with Gasteiger partial charge in [0.2, 0.25) is 0 Å². The predicted molar refractivity (Wildman–Crippen MR) is 227 cm³/mol. The fourth-order valence-electron chi connectivity index (χ4n) is 6.75.